The molecule has 0 spiro atoms. The largest absolute Gasteiger partial charge is 0.378 e. The summed E-state index contributed by atoms with van der Waals surface area (Å²) in [5.74, 6) is 0. The van der Waals surface area contributed by atoms with Gasteiger partial charge < -0.3 is 4.74 Å². The molecule has 0 aromatic rings. The van der Waals surface area contributed by atoms with E-state index in [0.29, 0.717) is 6.10 Å². The van der Waals surface area contributed by atoms with Gasteiger partial charge in [-0.25, -0.2) is 0 Å². The van der Waals surface area contributed by atoms with E-state index in [0.717, 1.165) is 38.8 Å². The van der Waals surface area contributed by atoms with Crippen LogP contribution in [0.4, 0.5) is 0 Å². The highest BCUT2D eigenvalue weighted by Crippen LogP contribution is 2.21. The zero-order valence-electron chi connectivity index (χ0n) is 12.0. The standard InChI is InChI=1S/C15H28N2O/c1-3-11-17-15(2,13-16)10-6-7-12-18-14-8-4-5-9-14/h14,17H,3-12H2,1-2H3. The number of ether oxygens (including phenoxy) is 1. The molecule has 0 aromatic heterocycles. The molecule has 1 aliphatic carbocycles. The van der Waals surface area contributed by atoms with Gasteiger partial charge in [0.2, 0.25) is 0 Å². The molecule has 18 heavy (non-hydrogen) atoms. The third-order valence-electron chi connectivity index (χ3n) is 3.74. The summed E-state index contributed by atoms with van der Waals surface area (Å²) in [6.45, 7) is 5.91. The maximum Gasteiger partial charge on any atom is 0.103 e. The SMILES string of the molecule is CCCNC(C)(C#N)CCCCOC1CCCC1. The van der Waals surface area contributed by atoms with Crippen molar-refractivity contribution in [1.82, 2.24) is 5.32 Å². The number of unbranched alkanes of at least 4 members (excludes halogenated alkanes) is 1. The summed E-state index contributed by atoms with van der Waals surface area (Å²) >= 11 is 0. The van der Waals surface area contributed by atoms with Crippen LogP contribution < -0.4 is 5.32 Å². The maximum atomic E-state index is 9.20. The molecule has 1 saturated carbocycles. The van der Waals surface area contributed by atoms with Crippen LogP contribution in [0, 0.1) is 11.3 Å². The summed E-state index contributed by atoms with van der Waals surface area (Å²) in [5, 5.41) is 12.5. The second-order valence-corrected chi connectivity index (χ2v) is 5.61. The summed E-state index contributed by atoms with van der Waals surface area (Å²) in [4.78, 5) is 0. The lowest BCUT2D eigenvalue weighted by molar-refractivity contribution is 0.0551. The topological polar surface area (TPSA) is 45.0 Å². The van der Waals surface area contributed by atoms with E-state index in [9.17, 15) is 5.26 Å². The number of rotatable bonds is 9. The molecule has 0 radical (unpaired) electrons. The smallest absolute Gasteiger partial charge is 0.103 e. The van der Waals surface area contributed by atoms with Gasteiger partial charge in [-0.2, -0.15) is 5.26 Å². The van der Waals surface area contributed by atoms with E-state index in [1.807, 2.05) is 6.92 Å². The number of nitrogens with one attached hydrogen (secondary N) is 1. The van der Waals surface area contributed by atoms with Crippen LogP contribution in [0.2, 0.25) is 0 Å². The van der Waals surface area contributed by atoms with Gasteiger partial charge in [0.15, 0.2) is 0 Å². The van der Waals surface area contributed by atoms with Crippen molar-refractivity contribution < 1.29 is 4.74 Å². The van der Waals surface area contributed by atoms with Crippen LogP contribution in [0.25, 0.3) is 0 Å². The van der Waals surface area contributed by atoms with Gasteiger partial charge in [0.25, 0.3) is 0 Å². The first-order chi connectivity index (χ1) is 8.70. The molecule has 0 saturated heterocycles. The highest BCUT2D eigenvalue weighted by molar-refractivity contribution is 5.03. The predicted molar refractivity (Wildman–Crippen MR) is 74.4 cm³/mol. The van der Waals surface area contributed by atoms with Crippen molar-refractivity contribution in [3.8, 4) is 6.07 Å². The zero-order chi connectivity index (χ0) is 13.3. The van der Waals surface area contributed by atoms with Crippen molar-refractivity contribution in [3.05, 3.63) is 0 Å². The van der Waals surface area contributed by atoms with Crippen LogP contribution in [-0.4, -0.2) is 24.8 Å². The molecule has 3 heteroatoms. The molecule has 1 aliphatic rings. The maximum absolute atomic E-state index is 9.20. The van der Waals surface area contributed by atoms with E-state index in [2.05, 4.69) is 18.3 Å². The number of hydrogen-bond donors (Lipinski definition) is 1. The molecule has 104 valence electrons. The van der Waals surface area contributed by atoms with Crippen molar-refractivity contribution in [1.29, 1.82) is 5.26 Å². The molecule has 0 bridgehead atoms. The van der Waals surface area contributed by atoms with Gasteiger partial charge in [-0.1, -0.05) is 19.8 Å². The number of nitrogens with zero attached hydrogens (tertiary/aromatic N) is 1. The summed E-state index contributed by atoms with van der Waals surface area (Å²) in [5.41, 5.74) is -0.358. The Bertz CT molecular complexity index is 256. The quantitative estimate of drug-likeness (QED) is 0.640. The molecule has 1 atom stereocenters. The number of hydrogen-bond acceptors (Lipinski definition) is 3. The van der Waals surface area contributed by atoms with Gasteiger partial charge in [-0.3, -0.25) is 5.32 Å². The third kappa shape index (κ3) is 5.84. The molecule has 1 rings (SSSR count). The van der Waals surface area contributed by atoms with Crippen molar-refractivity contribution in [2.45, 2.75) is 76.9 Å². The van der Waals surface area contributed by atoms with E-state index in [1.165, 1.54) is 25.7 Å². The second-order valence-electron chi connectivity index (χ2n) is 5.61. The lowest BCUT2D eigenvalue weighted by atomic mass is 9.96. The van der Waals surface area contributed by atoms with Crippen molar-refractivity contribution >= 4 is 0 Å². The minimum atomic E-state index is -0.358. The normalized spacial score (nSPS) is 19.6. The lowest BCUT2D eigenvalue weighted by Gasteiger charge is -2.23. The Morgan fingerprint density at radius 1 is 1.33 bits per heavy atom. The summed E-state index contributed by atoms with van der Waals surface area (Å²) in [7, 11) is 0. The molecule has 1 N–H and O–H groups in total. The van der Waals surface area contributed by atoms with E-state index >= 15 is 0 Å². The van der Waals surface area contributed by atoms with Gasteiger partial charge in [-0.15, -0.1) is 0 Å². The van der Waals surface area contributed by atoms with Crippen LogP contribution >= 0.6 is 0 Å². The predicted octanol–water partition coefficient (Wildman–Crippen LogP) is 3.40. The molecule has 1 unspecified atom stereocenters. The first kappa shape index (κ1) is 15.5. The zero-order valence-corrected chi connectivity index (χ0v) is 12.0. The monoisotopic (exact) mass is 252 g/mol. The van der Waals surface area contributed by atoms with E-state index in [1.54, 1.807) is 0 Å². The van der Waals surface area contributed by atoms with Gasteiger partial charge in [0.05, 0.1) is 12.2 Å². The molecule has 1 fully saturated rings. The van der Waals surface area contributed by atoms with Crippen LogP contribution in [0.5, 0.6) is 0 Å². The van der Waals surface area contributed by atoms with Crippen molar-refractivity contribution in [3.63, 3.8) is 0 Å². The Morgan fingerprint density at radius 2 is 2.06 bits per heavy atom. The lowest BCUT2D eigenvalue weighted by Crippen LogP contribution is -2.41. The van der Waals surface area contributed by atoms with Gasteiger partial charge in [0, 0.05) is 6.61 Å². The highest BCUT2D eigenvalue weighted by atomic mass is 16.5. The summed E-state index contributed by atoms with van der Waals surface area (Å²) < 4.78 is 5.83. The molecule has 0 heterocycles. The number of nitriles is 1. The van der Waals surface area contributed by atoms with E-state index in [-0.39, 0.29) is 5.54 Å². The van der Waals surface area contributed by atoms with Crippen LogP contribution in [0.3, 0.4) is 0 Å². The first-order valence-corrected chi connectivity index (χ1v) is 7.48. The molecule has 0 aromatic carbocycles. The van der Waals surface area contributed by atoms with Gasteiger partial charge in [-0.05, 0) is 52.0 Å². The average Bonchev–Trinajstić information content (AvgIpc) is 2.89. The fourth-order valence-electron chi connectivity index (χ4n) is 2.47. The molecule has 3 nitrogen and oxygen atoms in total. The van der Waals surface area contributed by atoms with Crippen molar-refractivity contribution in [2.24, 2.45) is 0 Å². The summed E-state index contributed by atoms with van der Waals surface area (Å²) in [6.07, 6.45) is 9.79. The molecule has 0 aliphatic heterocycles. The Balaban J connectivity index is 2.05. The van der Waals surface area contributed by atoms with E-state index < -0.39 is 0 Å². The Hall–Kier alpha value is -0.590. The Labute approximate surface area is 112 Å². The van der Waals surface area contributed by atoms with Gasteiger partial charge >= 0.3 is 0 Å². The Morgan fingerprint density at radius 3 is 2.67 bits per heavy atom. The van der Waals surface area contributed by atoms with E-state index in [4.69, 9.17) is 4.74 Å². The third-order valence-corrected chi connectivity index (χ3v) is 3.74. The van der Waals surface area contributed by atoms with Crippen LogP contribution in [0.1, 0.15) is 65.2 Å². The van der Waals surface area contributed by atoms with Crippen molar-refractivity contribution in [2.75, 3.05) is 13.2 Å². The first-order valence-electron chi connectivity index (χ1n) is 7.48. The highest BCUT2D eigenvalue weighted by Gasteiger charge is 2.21. The molecule has 0 amide bonds. The van der Waals surface area contributed by atoms with Crippen LogP contribution in [0.15, 0.2) is 0 Å². The minimum Gasteiger partial charge on any atom is -0.378 e. The second kappa shape index (κ2) is 8.50. The molecular weight excluding hydrogens is 224 g/mol. The van der Waals surface area contributed by atoms with Gasteiger partial charge in [0.1, 0.15) is 5.54 Å². The fraction of sp³-hybridized carbons (Fsp3) is 0.933. The molecular formula is C15H28N2O. The van der Waals surface area contributed by atoms with Crippen LogP contribution in [-0.2, 0) is 4.74 Å². The summed E-state index contributed by atoms with van der Waals surface area (Å²) in [6, 6.07) is 2.39. The average molecular weight is 252 g/mol. The minimum absolute atomic E-state index is 0.358. The Kier molecular flexibility index (Phi) is 7.31. The fourth-order valence-corrected chi connectivity index (χ4v) is 2.47.